The van der Waals surface area contributed by atoms with Gasteiger partial charge in [-0.15, -0.1) is 0 Å². The first-order valence-electron chi connectivity index (χ1n) is 10.7. The summed E-state index contributed by atoms with van der Waals surface area (Å²) in [6.07, 6.45) is 8.00. The van der Waals surface area contributed by atoms with E-state index in [9.17, 15) is 9.59 Å². The molecule has 1 aromatic carbocycles. The third-order valence-electron chi connectivity index (χ3n) is 6.42. The molecule has 1 aliphatic carbocycles. The van der Waals surface area contributed by atoms with Gasteiger partial charge in [-0.3, -0.25) is 14.5 Å². The molecule has 1 aliphatic heterocycles. The summed E-state index contributed by atoms with van der Waals surface area (Å²) in [5.41, 5.74) is 2.22. The van der Waals surface area contributed by atoms with Crippen LogP contribution in [-0.4, -0.2) is 21.4 Å². The van der Waals surface area contributed by atoms with E-state index in [0.29, 0.717) is 57.6 Å². The fourth-order valence-electron chi connectivity index (χ4n) is 4.76. The number of hydrogen-bond acceptors (Lipinski definition) is 5. The molecule has 3 aromatic rings. The van der Waals surface area contributed by atoms with Crippen molar-refractivity contribution in [3.63, 3.8) is 0 Å². The summed E-state index contributed by atoms with van der Waals surface area (Å²) in [4.78, 5) is 35.7. The van der Waals surface area contributed by atoms with E-state index in [-0.39, 0.29) is 11.0 Å². The molecule has 162 valence electrons. The average molecular weight is 460 g/mol. The lowest BCUT2D eigenvalue weighted by molar-refractivity contribution is 0.238. The van der Waals surface area contributed by atoms with Crippen molar-refractivity contribution in [3.8, 4) is 0 Å². The predicted octanol–water partition coefficient (Wildman–Crippen LogP) is 4.79. The van der Waals surface area contributed by atoms with Gasteiger partial charge in [0.2, 0.25) is 0 Å². The maximum Gasteiger partial charge on any atom is 0.255 e. The molecule has 0 atom stereocenters. The molecule has 31 heavy (non-hydrogen) atoms. The third-order valence-corrected chi connectivity index (χ3v) is 6.91. The number of nitrogens with one attached hydrogen (secondary N) is 1. The van der Waals surface area contributed by atoms with E-state index in [1.54, 1.807) is 12.1 Å². The molecular formula is C23H23Cl2N3O3. The van der Waals surface area contributed by atoms with Crippen LogP contribution in [0, 0.1) is 0 Å². The van der Waals surface area contributed by atoms with Crippen LogP contribution in [-0.2, 0) is 19.5 Å². The number of hydrogen-bond donors (Lipinski definition) is 1. The summed E-state index contributed by atoms with van der Waals surface area (Å²) >= 11 is 12.2. The molecule has 5 rings (SSSR count). The maximum atomic E-state index is 13.0. The zero-order chi connectivity index (χ0) is 21.5. The van der Waals surface area contributed by atoms with Gasteiger partial charge in [-0.25, -0.2) is 4.98 Å². The SMILES string of the molecule is O=c1[nH]c(C2CCCCC2)nc2c1CN(Cc1coc3c(Cl)cc(Cl)cc3c1=O)CC2. The quantitative estimate of drug-likeness (QED) is 0.608. The largest absolute Gasteiger partial charge is 0.462 e. The first-order chi connectivity index (χ1) is 15.0. The van der Waals surface area contributed by atoms with Gasteiger partial charge in [0, 0.05) is 42.6 Å². The van der Waals surface area contributed by atoms with Gasteiger partial charge >= 0.3 is 0 Å². The Kier molecular flexibility index (Phi) is 5.63. The summed E-state index contributed by atoms with van der Waals surface area (Å²) in [6.45, 7) is 1.56. The smallest absolute Gasteiger partial charge is 0.255 e. The first kappa shape index (κ1) is 20.7. The van der Waals surface area contributed by atoms with Crippen molar-refractivity contribution in [2.24, 2.45) is 0 Å². The van der Waals surface area contributed by atoms with Crippen LogP contribution in [0.15, 0.2) is 32.4 Å². The molecule has 2 aliphatic rings. The third kappa shape index (κ3) is 4.04. The molecule has 0 amide bonds. The van der Waals surface area contributed by atoms with Crippen LogP contribution in [0.2, 0.25) is 10.0 Å². The lowest BCUT2D eigenvalue weighted by atomic mass is 9.88. The van der Waals surface area contributed by atoms with Crippen molar-refractivity contribution in [2.75, 3.05) is 6.54 Å². The maximum absolute atomic E-state index is 13.0. The number of benzene rings is 1. The van der Waals surface area contributed by atoms with E-state index in [2.05, 4.69) is 9.88 Å². The fraction of sp³-hybridized carbons (Fsp3) is 0.435. The first-order valence-corrected chi connectivity index (χ1v) is 11.5. The average Bonchev–Trinajstić information content (AvgIpc) is 2.77. The number of aromatic nitrogens is 2. The van der Waals surface area contributed by atoms with Crippen molar-refractivity contribution in [2.45, 2.75) is 57.5 Å². The number of fused-ring (bicyclic) bond motifs is 2. The van der Waals surface area contributed by atoms with Crippen LogP contribution in [0.25, 0.3) is 11.0 Å². The molecule has 0 unspecified atom stereocenters. The molecular weight excluding hydrogens is 437 g/mol. The highest BCUT2D eigenvalue weighted by Crippen LogP contribution is 2.31. The highest BCUT2D eigenvalue weighted by atomic mass is 35.5. The van der Waals surface area contributed by atoms with Gasteiger partial charge < -0.3 is 9.40 Å². The number of H-pyrrole nitrogens is 1. The van der Waals surface area contributed by atoms with Crippen molar-refractivity contribution >= 4 is 34.2 Å². The molecule has 0 saturated heterocycles. The Hall–Kier alpha value is -2.15. The zero-order valence-electron chi connectivity index (χ0n) is 17.0. The van der Waals surface area contributed by atoms with Crippen LogP contribution in [0.3, 0.4) is 0 Å². The second-order valence-electron chi connectivity index (χ2n) is 8.53. The lowest BCUT2D eigenvalue weighted by Gasteiger charge is -2.28. The number of aromatic amines is 1. The Balaban J connectivity index is 1.39. The van der Waals surface area contributed by atoms with Crippen LogP contribution in [0.1, 0.15) is 60.7 Å². The van der Waals surface area contributed by atoms with E-state index in [1.165, 1.54) is 25.5 Å². The van der Waals surface area contributed by atoms with Crippen LogP contribution in [0.5, 0.6) is 0 Å². The summed E-state index contributed by atoms with van der Waals surface area (Å²) in [6, 6.07) is 3.13. The van der Waals surface area contributed by atoms with Gasteiger partial charge in [-0.05, 0) is 25.0 Å². The van der Waals surface area contributed by atoms with Gasteiger partial charge in [0.1, 0.15) is 5.82 Å². The van der Waals surface area contributed by atoms with E-state index in [0.717, 1.165) is 30.9 Å². The van der Waals surface area contributed by atoms with Gasteiger partial charge in [-0.2, -0.15) is 0 Å². The zero-order valence-corrected chi connectivity index (χ0v) is 18.6. The molecule has 0 spiro atoms. The second kappa shape index (κ2) is 8.41. The minimum Gasteiger partial charge on any atom is -0.462 e. The van der Waals surface area contributed by atoms with Crippen molar-refractivity contribution in [1.82, 2.24) is 14.9 Å². The molecule has 6 nitrogen and oxygen atoms in total. The molecule has 2 aromatic heterocycles. The minimum atomic E-state index is -0.156. The Morgan fingerprint density at radius 1 is 1.16 bits per heavy atom. The molecule has 1 saturated carbocycles. The lowest BCUT2D eigenvalue weighted by Crippen LogP contribution is -2.37. The number of halogens is 2. The van der Waals surface area contributed by atoms with Crippen molar-refractivity contribution in [3.05, 3.63) is 71.7 Å². The summed E-state index contributed by atoms with van der Waals surface area (Å²) in [5, 5.41) is 1.06. The van der Waals surface area contributed by atoms with Crippen molar-refractivity contribution < 1.29 is 4.42 Å². The number of nitrogens with zero attached hydrogens (tertiary/aromatic N) is 2. The fourth-order valence-corrected chi connectivity index (χ4v) is 5.30. The van der Waals surface area contributed by atoms with E-state index < -0.39 is 0 Å². The van der Waals surface area contributed by atoms with E-state index >= 15 is 0 Å². The van der Waals surface area contributed by atoms with Gasteiger partial charge in [0.25, 0.3) is 5.56 Å². The standard InChI is InChI=1S/C23H23Cl2N3O3/c24-15-8-16-20(29)14(12-31-21(16)18(25)9-15)10-28-7-6-19-17(11-28)23(30)27-22(26-19)13-4-2-1-3-5-13/h8-9,12-13H,1-7,10-11H2,(H,26,27,30). The highest BCUT2D eigenvalue weighted by molar-refractivity contribution is 6.38. The summed E-state index contributed by atoms with van der Waals surface area (Å²) in [5.74, 6) is 1.21. The van der Waals surface area contributed by atoms with Gasteiger partial charge in [-0.1, -0.05) is 42.5 Å². The molecule has 0 bridgehead atoms. The van der Waals surface area contributed by atoms with Crippen LogP contribution < -0.4 is 11.0 Å². The predicted molar refractivity (Wildman–Crippen MR) is 121 cm³/mol. The highest BCUT2D eigenvalue weighted by Gasteiger charge is 2.25. The Bertz CT molecular complexity index is 1260. The second-order valence-corrected chi connectivity index (χ2v) is 9.37. The number of rotatable bonds is 3. The Morgan fingerprint density at radius 3 is 2.77 bits per heavy atom. The Morgan fingerprint density at radius 2 is 1.97 bits per heavy atom. The summed E-state index contributed by atoms with van der Waals surface area (Å²) < 4.78 is 5.63. The van der Waals surface area contributed by atoms with E-state index in [1.807, 2.05) is 0 Å². The molecule has 1 fully saturated rings. The molecule has 3 heterocycles. The van der Waals surface area contributed by atoms with Crippen molar-refractivity contribution in [1.29, 1.82) is 0 Å². The monoisotopic (exact) mass is 459 g/mol. The Labute approximate surface area is 189 Å². The normalized spacial score (nSPS) is 17.7. The minimum absolute atomic E-state index is 0.0561. The molecule has 0 radical (unpaired) electrons. The summed E-state index contributed by atoms with van der Waals surface area (Å²) in [7, 11) is 0. The van der Waals surface area contributed by atoms with E-state index in [4.69, 9.17) is 32.6 Å². The van der Waals surface area contributed by atoms with Gasteiger partial charge in [0.15, 0.2) is 11.0 Å². The van der Waals surface area contributed by atoms with Gasteiger partial charge in [0.05, 0.1) is 27.9 Å². The van der Waals surface area contributed by atoms with Crippen LogP contribution >= 0.6 is 23.2 Å². The van der Waals surface area contributed by atoms with Crippen LogP contribution in [0.4, 0.5) is 0 Å². The topological polar surface area (TPSA) is 79.2 Å². The molecule has 8 heteroatoms. The molecule has 1 N–H and O–H groups in total.